The fourth-order valence-electron chi connectivity index (χ4n) is 1.22. The van der Waals surface area contributed by atoms with Crippen molar-refractivity contribution in [1.82, 2.24) is 0 Å². The number of thiophene rings is 1. The Kier molecular flexibility index (Phi) is 4.84. The van der Waals surface area contributed by atoms with E-state index in [1.807, 2.05) is 24.3 Å². The molecule has 1 heterocycles. The minimum Gasteiger partial charge on any atom is -0.363 e. The lowest BCUT2D eigenvalue weighted by molar-refractivity contribution is -0.114. The summed E-state index contributed by atoms with van der Waals surface area (Å²) in [6, 6.07) is 9.25. The Bertz CT molecular complexity index is 498. The minimum absolute atomic E-state index is 0.402. The predicted molar refractivity (Wildman–Crippen MR) is 71.3 cm³/mol. The Balaban J connectivity index is 0.000000437. The van der Waals surface area contributed by atoms with Gasteiger partial charge in [0.1, 0.15) is 0 Å². The number of fused-ring (bicyclic) bond motifs is 1. The largest absolute Gasteiger partial charge is 0.363 e. The normalized spacial score (nSPS) is 9.53. The molecular weight excluding hydrogens is 234 g/mol. The van der Waals surface area contributed by atoms with Gasteiger partial charge in [0.15, 0.2) is 0 Å². The summed E-state index contributed by atoms with van der Waals surface area (Å²) < 4.78 is 0.983. The Morgan fingerprint density at radius 3 is 2.35 bits per heavy atom. The lowest BCUT2D eigenvalue weighted by Gasteiger charge is -1.86. The smallest absolute Gasteiger partial charge is 0.290 e. The lowest BCUT2D eigenvalue weighted by Crippen LogP contribution is -2.21. The highest BCUT2D eigenvalue weighted by molar-refractivity contribution is 7.21. The zero-order valence-corrected chi connectivity index (χ0v) is 10.7. The van der Waals surface area contributed by atoms with Crippen molar-refractivity contribution in [2.24, 2.45) is 5.73 Å². The minimum atomic E-state index is -0.906. The first-order valence-electron chi connectivity index (χ1n) is 5.42. The number of benzene rings is 1. The first-order valence-corrected chi connectivity index (χ1v) is 6.24. The van der Waals surface area contributed by atoms with Crippen LogP contribution in [0.5, 0.6) is 0 Å². The van der Waals surface area contributed by atoms with Crippen molar-refractivity contribution in [3.8, 4) is 0 Å². The molecule has 1 amide bonds. The van der Waals surface area contributed by atoms with Gasteiger partial charge in [-0.2, -0.15) is 0 Å². The van der Waals surface area contributed by atoms with Crippen molar-refractivity contribution in [2.75, 3.05) is 0 Å². The number of rotatable bonds is 2. The molecule has 0 spiro atoms. The second kappa shape index (κ2) is 6.15. The first-order chi connectivity index (χ1) is 8.10. The zero-order chi connectivity index (χ0) is 12.8. The lowest BCUT2D eigenvalue weighted by atomic mass is 10.2. The number of carbonyl (C=O) groups is 2. The predicted octanol–water partition coefficient (Wildman–Crippen LogP) is 2.99. The van der Waals surface area contributed by atoms with Gasteiger partial charge in [-0.3, -0.25) is 9.59 Å². The molecule has 2 N–H and O–H groups in total. The van der Waals surface area contributed by atoms with E-state index >= 15 is 0 Å². The molecule has 90 valence electrons. The van der Waals surface area contributed by atoms with Crippen LogP contribution in [0.4, 0.5) is 0 Å². The van der Waals surface area contributed by atoms with Gasteiger partial charge in [-0.05, 0) is 17.5 Å². The molecule has 1 aromatic carbocycles. The molecular formula is C13H15NO2S. The quantitative estimate of drug-likeness (QED) is 0.657. The first kappa shape index (κ1) is 13.4. The highest BCUT2D eigenvalue weighted by Gasteiger charge is 2.14. The van der Waals surface area contributed by atoms with Crippen molar-refractivity contribution in [3.05, 3.63) is 35.2 Å². The average Bonchev–Trinajstić information content (AvgIpc) is 2.72. The van der Waals surface area contributed by atoms with E-state index in [1.165, 1.54) is 17.8 Å². The molecule has 0 unspecified atom stereocenters. The van der Waals surface area contributed by atoms with Crippen LogP contribution in [0.2, 0.25) is 0 Å². The third-order valence-electron chi connectivity index (χ3n) is 1.87. The highest BCUT2D eigenvalue weighted by atomic mass is 32.1. The molecule has 4 heteroatoms. The SMILES string of the molecule is CCC.NC(=O)C(=O)c1cc2ccccc2s1. The van der Waals surface area contributed by atoms with Crippen LogP contribution in [0.15, 0.2) is 30.3 Å². The van der Waals surface area contributed by atoms with Gasteiger partial charge in [0.2, 0.25) is 0 Å². The molecule has 0 bridgehead atoms. The van der Waals surface area contributed by atoms with E-state index < -0.39 is 11.7 Å². The number of carbonyl (C=O) groups excluding carboxylic acids is 2. The maximum Gasteiger partial charge on any atom is 0.290 e. The zero-order valence-electron chi connectivity index (χ0n) is 9.90. The molecule has 2 aromatic rings. The molecule has 0 aliphatic heterocycles. The van der Waals surface area contributed by atoms with Gasteiger partial charge in [0.05, 0.1) is 4.88 Å². The summed E-state index contributed by atoms with van der Waals surface area (Å²) in [4.78, 5) is 22.3. The topological polar surface area (TPSA) is 60.2 Å². The van der Waals surface area contributed by atoms with Crippen LogP contribution < -0.4 is 5.73 Å². The van der Waals surface area contributed by atoms with Gasteiger partial charge in [-0.25, -0.2) is 0 Å². The van der Waals surface area contributed by atoms with E-state index in [9.17, 15) is 9.59 Å². The Morgan fingerprint density at radius 1 is 1.24 bits per heavy atom. The molecule has 0 saturated carbocycles. The number of primary amides is 1. The van der Waals surface area contributed by atoms with Crippen LogP contribution >= 0.6 is 11.3 Å². The van der Waals surface area contributed by atoms with Crippen molar-refractivity contribution in [2.45, 2.75) is 20.3 Å². The number of hydrogen-bond acceptors (Lipinski definition) is 3. The van der Waals surface area contributed by atoms with Crippen LogP contribution in [-0.4, -0.2) is 11.7 Å². The van der Waals surface area contributed by atoms with E-state index in [0.717, 1.165) is 10.1 Å². The average molecular weight is 249 g/mol. The number of ketones is 1. The number of amides is 1. The van der Waals surface area contributed by atoms with Crippen molar-refractivity contribution < 1.29 is 9.59 Å². The summed E-state index contributed by atoms with van der Waals surface area (Å²) in [6.45, 7) is 4.25. The fourth-order valence-corrected chi connectivity index (χ4v) is 2.22. The summed E-state index contributed by atoms with van der Waals surface area (Å²) in [5, 5.41) is 0.960. The van der Waals surface area contributed by atoms with E-state index in [-0.39, 0.29) is 0 Å². The summed E-state index contributed by atoms with van der Waals surface area (Å²) in [5.74, 6) is -1.53. The molecule has 3 nitrogen and oxygen atoms in total. The van der Waals surface area contributed by atoms with Gasteiger partial charge in [0, 0.05) is 4.70 Å². The third-order valence-corrected chi connectivity index (χ3v) is 2.99. The van der Waals surface area contributed by atoms with Gasteiger partial charge in [0.25, 0.3) is 11.7 Å². The van der Waals surface area contributed by atoms with E-state index in [4.69, 9.17) is 5.73 Å². The Morgan fingerprint density at radius 2 is 1.82 bits per heavy atom. The van der Waals surface area contributed by atoms with Crippen LogP contribution in [0, 0.1) is 0 Å². The molecule has 0 atom stereocenters. The molecule has 0 fully saturated rings. The van der Waals surface area contributed by atoms with E-state index in [2.05, 4.69) is 13.8 Å². The second-order valence-electron chi connectivity index (χ2n) is 3.55. The Labute approximate surface area is 104 Å². The maximum absolute atomic E-state index is 11.2. The standard InChI is InChI=1S/C10H7NO2S.C3H8/c11-10(13)9(12)8-5-6-3-1-2-4-7(6)14-8;1-3-2/h1-5H,(H2,11,13);3H2,1-2H3. The fraction of sp³-hybridized carbons (Fsp3) is 0.231. The van der Waals surface area contributed by atoms with Crippen molar-refractivity contribution in [3.63, 3.8) is 0 Å². The molecule has 17 heavy (non-hydrogen) atoms. The molecule has 0 radical (unpaired) electrons. The number of Topliss-reactive ketones (excluding diaryl/α,β-unsaturated/α-hetero) is 1. The highest BCUT2D eigenvalue weighted by Crippen LogP contribution is 2.25. The van der Waals surface area contributed by atoms with Gasteiger partial charge in [-0.1, -0.05) is 38.5 Å². The summed E-state index contributed by atoms with van der Waals surface area (Å²) in [6.07, 6.45) is 1.25. The van der Waals surface area contributed by atoms with E-state index in [1.54, 1.807) is 6.07 Å². The van der Waals surface area contributed by atoms with Gasteiger partial charge >= 0.3 is 0 Å². The second-order valence-corrected chi connectivity index (χ2v) is 4.63. The van der Waals surface area contributed by atoms with Crippen LogP contribution in [0.1, 0.15) is 29.9 Å². The maximum atomic E-state index is 11.2. The number of nitrogens with two attached hydrogens (primary N) is 1. The van der Waals surface area contributed by atoms with Crippen LogP contribution in [0.25, 0.3) is 10.1 Å². The van der Waals surface area contributed by atoms with Crippen LogP contribution in [0.3, 0.4) is 0 Å². The molecule has 0 saturated heterocycles. The molecule has 1 aromatic heterocycles. The summed E-state index contributed by atoms with van der Waals surface area (Å²) >= 11 is 1.28. The monoisotopic (exact) mass is 249 g/mol. The van der Waals surface area contributed by atoms with Gasteiger partial charge < -0.3 is 5.73 Å². The van der Waals surface area contributed by atoms with Crippen LogP contribution in [-0.2, 0) is 4.79 Å². The van der Waals surface area contributed by atoms with E-state index in [0.29, 0.717) is 4.88 Å². The third kappa shape index (κ3) is 3.39. The van der Waals surface area contributed by atoms with Gasteiger partial charge in [-0.15, -0.1) is 11.3 Å². The summed E-state index contributed by atoms with van der Waals surface area (Å²) in [5.41, 5.74) is 4.91. The molecule has 0 aliphatic rings. The molecule has 0 aliphatic carbocycles. The van der Waals surface area contributed by atoms with Crippen molar-refractivity contribution >= 4 is 33.1 Å². The number of hydrogen-bond donors (Lipinski definition) is 1. The summed E-state index contributed by atoms with van der Waals surface area (Å²) in [7, 11) is 0. The molecule has 2 rings (SSSR count). The van der Waals surface area contributed by atoms with Crippen molar-refractivity contribution in [1.29, 1.82) is 0 Å². The Hall–Kier alpha value is -1.68.